The Hall–Kier alpha value is -2.18. The second-order valence-corrected chi connectivity index (χ2v) is 8.61. The van der Waals surface area contributed by atoms with E-state index in [1.807, 2.05) is 29.5 Å². The van der Waals surface area contributed by atoms with Gasteiger partial charge in [-0.25, -0.2) is 9.97 Å². The molecule has 0 saturated heterocycles. The second-order valence-electron chi connectivity index (χ2n) is 6.56. The molecule has 0 radical (unpaired) electrons. The van der Waals surface area contributed by atoms with Crippen LogP contribution in [0.4, 0.5) is 0 Å². The monoisotopic (exact) mass is 379 g/mol. The summed E-state index contributed by atoms with van der Waals surface area (Å²) in [6, 6.07) is 9.66. The first-order valence-corrected chi connectivity index (χ1v) is 10.6. The van der Waals surface area contributed by atoms with Crippen LogP contribution < -0.4 is 5.56 Å². The smallest absolute Gasteiger partial charge is 0.248 e. The van der Waals surface area contributed by atoms with Crippen molar-refractivity contribution in [1.29, 1.82) is 0 Å². The zero-order chi connectivity index (χ0) is 17.5. The minimum atomic E-state index is -0.0555. The van der Waals surface area contributed by atoms with Crippen molar-refractivity contribution >= 4 is 44.2 Å². The Labute approximate surface area is 158 Å². The average molecular weight is 380 g/mol. The second kappa shape index (κ2) is 6.52. The Morgan fingerprint density at radius 2 is 2.04 bits per heavy atom. The van der Waals surface area contributed by atoms with Crippen LogP contribution in [0.5, 0.6) is 0 Å². The third kappa shape index (κ3) is 2.73. The minimum absolute atomic E-state index is 0.0555. The van der Waals surface area contributed by atoms with Gasteiger partial charge in [-0.05, 0) is 42.9 Å². The predicted molar refractivity (Wildman–Crippen MR) is 108 cm³/mol. The van der Waals surface area contributed by atoms with Gasteiger partial charge in [0, 0.05) is 33.0 Å². The van der Waals surface area contributed by atoms with Crippen LogP contribution in [0, 0.1) is 0 Å². The molecule has 0 saturated carbocycles. The number of nitrogens with one attached hydrogen (secondary N) is 1. The van der Waals surface area contributed by atoms with E-state index in [-0.39, 0.29) is 5.56 Å². The van der Waals surface area contributed by atoms with Gasteiger partial charge in [0.1, 0.15) is 16.2 Å². The van der Waals surface area contributed by atoms with Gasteiger partial charge >= 0.3 is 0 Å². The van der Waals surface area contributed by atoms with Gasteiger partial charge in [-0.1, -0.05) is 18.2 Å². The lowest BCUT2D eigenvalue weighted by molar-refractivity contribution is 0.699. The number of benzene rings is 1. The molecule has 1 aromatic carbocycles. The fourth-order valence-electron chi connectivity index (χ4n) is 3.71. The number of pyridine rings is 1. The zero-order valence-corrected chi connectivity index (χ0v) is 15.8. The Morgan fingerprint density at radius 1 is 1.15 bits per heavy atom. The highest BCUT2D eigenvalue weighted by Gasteiger charge is 2.20. The molecule has 0 amide bonds. The molecule has 0 atom stereocenters. The molecule has 3 heterocycles. The van der Waals surface area contributed by atoms with Crippen LogP contribution in [0.3, 0.4) is 0 Å². The van der Waals surface area contributed by atoms with Crippen LogP contribution in [0.2, 0.25) is 0 Å². The number of fused-ring (bicyclic) bond motifs is 4. The topological polar surface area (TPSA) is 58.6 Å². The third-order valence-electron chi connectivity index (χ3n) is 4.92. The van der Waals surface area contributed by atoms with Crippen LogP contribution in [0.25, 0.3) is 21.1 Å². The first-order chi connectivity index (χ1) is 12.8. The van der Waals surface area contributed by atoms with E-state index in [4.69, 9.17) is 0 Å². The Balaban J connectivity index is 1.55. The highest BCUT2D eigenvalue weighted by atomic mass is 32.2. The van der Waals surface area contributed by atoms with Crippen molar-refractivity contribution in [2.75, 3.05) is 0 Å². The lowest BCUT2D eigenvalue weighted by Crippen LogP contribution is -2.06. The summed E-state index contributed by atoms with van der Waals surface area (Å²) >= 11 is 3.53. The number of aromatic amines is 1. The fraction of sp³-hybridized carbons (Fsp3) is 0.250. The summed E-state index contributed by atoms with van der Waals surface area (Å²) in [5.41, 5.74) is 3.33. The van der Waals surface area contributed by atoms with Crippen molar-refractivity contribution < 1.29 is 0 Å². The summed E-state index contributed by atoms with van der Waals surface area (Å²) in [4.78, 5) is 26.6. The molecular formula is C20H17N3OS2. The summed E-state index contributed by atoms with van der Waals surface area (Å²) in [6.07, 6.45) is 6.48. The number of rotatable bonds is 3. The highest BCUT2D eigenvalue weighted by molar-refractivity contribution is 7.98. The first-order valence-electron chi connectivity index (χ1n) is 8.78. The summed E-state index contributed by atoms with van der Waals surface area (Å²) in [7, 11) is 0. The number of nitrogens with zero attached hydrogens (tertiary/aromatic N) is 2. The molecule has 0 unspecified atom stereocenters. The van der Waals surface area contributed by atoms with Crippen LogP contribution in [0.1, 0.15) is 28.8 Å². The summed E-state index contributed by atoms with van der Waals surface area (Å²) in [5.74, 6) is 0.723. The van der Waals surface area contributed by atoms with Crippen molar-refractivity contribution in [3.8, 4) is 0 Å². The SMILES string of the molecule is O=c1cc(CSc2ncnc3sc4c(c23)CCCC4)c2ccccc2[nH]1. The molecular weight excluding hydrogens is 362 g/mol. The predicted octanol–water partition coefficient (Wildman–Crippen LogP) is 4.70. The van der Waals surface area contributed by atoms with Gasteiger partial charge < -0.3 is 4.98 Å². The number of aryl methyl sites for hydroxylation is 2. The molecule has 0 fully saturated rings. The summed E-state index contributed by atoms with van der Waals surface area (Å²) < 4.78 is 0. The Kier molecular flexibility index (Phi) is 4.02. The lowest BCUT2D eigenvalue weighted by Gasteiger charge is -2.11. The molecule has 0 aliphatic heterocycles. The third-order valence-corrected chi connectivity index (χ3v) is 7.16. The normalized spacial score (nSPS) is 14.0. The number of thioether (sulfide) groups is 1. The van der Waals surface area contributed by atoms with Gasteiger partial charge in [0.2, 0.25) is 5.56 Å². The molecule has 26 heavy (non-hydrogen) atoms. The quantitative estimate of drug-likeness (QED) is 0.414. The maximum absolute atomic E-state index is 12.0. The molecule has 4 aromatic rings. The van der Waals surface area contributed by atoms with Crippen LogP contribution >= 0.6 is 23.1 Å². The Bertz CT molecular complexity index is 1180. The molecule has 6 heteroatoms. The van der Waals surface area contributed by atoms with Gasteiger partial charge in [0.05, 0.1) is 0 Å². The van der Waals surface area contributed by atoms with Gasteiger partial charge in [-0.15, -0.1) is 23.1 Å². The van der Waals surface area contributed by atoms with E-state index in [0.717, 1.165) is 38.5 Å². The number of H-pyrrole nitrogens is 1. The fourth-order valence-corrected chi connectivity index (χ4v) is 6.02. The maximum atomic E-state index is 12.0. The van der Waals surface area contributed by atoms with Gasteiger partial charge in [-0.2, -0.15) is 0 Å². The Morgan fingerprint density at radius 3 is 3.00 bits per heavy atom. The molecule has 1 N–H and O–H groups in total. The van der Waals surface area contributed by atoms with Crippen molar-refractivity contribution in [2.45, 2.75) is 36.5 Å². The van der Waals surface area contributed by atoms with E-state index >= 15 is 0 Å². The van der Waals surface area contributed by atoms with Gasteiger partial charge in [0.25, 0.3) is 0 Å². The summed E-state index contributed by atoms with van der Waals surface area (Å²) in [6.45, 7) is 0. The molecule has 4 nitrogen and oxygen atoms in total. The standard InChI is InChI=1S/C20H17N3OS2/c24-17-9-12(13-5-1-3-7-15(13)23-17)10-25-19-18-14-6-2-4-8-16(14)26-20(18)22-11-21-19/h1,3,5,7,9,11H,2,4,6,8,10H2,(H,23,24). The number of aromatic nitrogens is 3. The number of hydrogen-bond acceptors (Lipinski definition) is 5. The molecule has 1 aliphatic carbocycles. The van der Waals surface area contributed by atoms with Crippen LogP contribution in [0.15, 0.2) is 46.5 Å². The molecule has 5 rings (SSSR count). The number of thiophene rings is 1. The van der Waals surface area contributed by atoms with Crippen LogP contribution in [-0.2, 0) is 18.6 Å². The first kappa shape index (κ1) is 16.0. The van der Waals surface area contributed by atoms with E-state index < -0.39 is 0 Å². The highest BCUT2D eigenvalue weighted by Crippen LogP contribution is 2.40. The molecule has 130 valence electrons. The van der Waals surface area contributed by atoms with Gasteiger partial charge in [0.15, 0.2) is 0 Å². The van der Waals surface area contributed by atoms with Gasteiger partial charge in [-0.3, -0.25) is 4.79 Å². The lowest BCUT2D eigenvalue weighted by atomic mass is 9.97. The molecule has 3 aromatic heterocycles. The molecule has 0 bridgehead atoms. The van der Waals surface area contributed by atoms with E-state index in [9.17, 15) is 4.79 Å². The number of hydrogen-bond donors (Lipinski definition) is 1. The summed E-state index contributed by atoms with van der Waals surface area (Å²) in [5, 5.41) is 3.38. The van der Waals surface area contributed by atoms with Crippen molar-refractivity contribution in [1.82, 2.24) is 15.0 Å². The average Bonchev–Trinajstić information content (AvgIpc) is 3.05. The van der Waals surface area contributed by atoms with Crippen LogP contribution in [-0.4, -0.2) is 15.0 Å². The largest absolute Gasteiger partial charge is 0.322 e. The zero-order valence-electron chi connectivity index (χ0n) is 14.1. The van der Waals surface area contributed by atoms with Crippen molar-refractivity contribution in [2.24, 2.45) is 0 Å². The van der Waals surface area contributed by atoms with E-state index in [1.165, 1.54) is 35.1 Å². The van der Waals surface area contributed by atoms with Crippen molar-refractivity contribution in [3.05, 3.63) is 63.0 Å². The molecule has 1 aliphatic rings. The van der Waals surface area contributed by atoms with E-state index in [1.54, 1.807) is 24.2 Å². The van der Waals surface area contributed by atoms with Crippen molar-refractivity contribution in [3.63, 3.8) is 0 Å². The van der Waals surface area contributed by atoms with E-state index in [2.05, 4.69) is 21.0 Å². The minimum Gasteiger partial charge on any atom is -0.322 e. The maximum Gasteiger partial charge on any atom is 0.248 e. The number of para-hydroxylation sites is 1. The molecule has 0 spiro atoms. The van der Waals surface area contributed by atoms with E-state index in [0.29, 0.717) is 0 Å².